The average molecular weight is 343 g/mol. The van der Waals surface area contributed by atoms with E-state index in [0.717, 1.165) is 11.9 Å². The largest absolute Gasteiger partial charge is 0.367 e. The lowest BCUT2D eigenvalue weighted by Gasteiger charge is -2.35. The van der Waals surface area contributed by atoms with Gasteiger partial charge < -0.3 is 10.2 Å². The lowest BCUT2D eigenvalue weighted by molar-refractivity contribution is 0.186. The van der Waals surface area contributed by atoms with E-state index in [1.54, 1.807) is 11.2 Å². The van der Waals surface area contributed by atoms with Crippen molar-refractivity contribution in [2.45, 2.75) is 69.9 Å². The molecule has 0 unspecified atom stereocenters. The fraction of sp³-hybridized carbons (Fsp3) is 0.684. The zero-order chi connectivity index (χ0) is 15.9. The Morgan fingerprint density at radius 2 is 1.83 bits per heavy atom. The first kappa shape index (κ1) is 15.1. The van der Waals surface area contributed by atoms with Crippen LogP contribution in [0.1, 0.15) is 55.4 Å². The van der Waals surface area contributed by atoms with Crippen molar-refractivity contribution < 1.29 is 0 Å². The summed E-state index contributed by atoms with van der Waals surface area (Å²) in [6.45, 7) is 2.66. The van der Waals surface area contributed by atoms with Crippen molar-refractivity contribution in [2.24, 2.45) is 0 Å². The molecule has 0 atom stereocenters. The third-order valence-corrected chi connectivity index (χ3v) is 7.40. The maximum absolute atomic E-state index is 4.62. The van der Waals surface area contributed by atoms with E-state index in [4.69, 9.17) is 0 Å². The molecule has 5 heteroatoms. The molecule has 3 heterocycles. The van der Waals surface area contributed by atoms with Gasteiger partial charge in [0.25, 0.3) is 0 Å². The van der Waals surface area contributed by atoms with E-state index in [0.29, 0.717) is 6.04 Å². The molecular formula is C19H26N4S. The first-order valence-corrected chi connectivity index (χ1v) is 10.5. The summed E-state index contributed by atoms with van der Waals surface area (Å²) in [4.78, 5) is 14.6. The quantitative estimate of drug-likeness (QED) is 0.915. The van der Waals surface area contributed by atoms with Crippen LogP contribution in [0.2, 0.25) is 0 Å². The molecule has 2 aromatic heterocycles. The second-order valence-electron chi connectivity index (χ2n) is 7.65. The summed E-state index contributed by atoms with van der Waals surface area (Å²) < 4.78 is 0. The molecule has 0 spiro atoms. The number of aryl methyl sites for hydroxylation is 2. The van der Waals surface area contributed by atoms with Gasteiger partial charge in [-0.15, -0.1) is 11.3 Å². The van der Waals surface area contributed by atoms with Crippen LogP contribution < -0.4 is 5.32 Å². The van der Waals surface area contributed by atoms with Gasteiger partial charge in [0.15, 0.2) is 0 Å². The van der Waals surface area contributed by atoms with Gasteiger partial charge in [0.05, 0.1) is 5.39 Å². The van der Waals surface area contributed by atoms with Crippen LogP contribution in [0.25, 0.3) is 10.2 Å². The van der Waals surface area contributed by atoms with E-state index in [1.165, 1.54) is 86.7 Å². The number of thiophene rings is 1. The van der Waals surface area contributed by atoms with Gasteiger partial charge in [-0.3, -0.25) is 0 Å². The normalized spacial score (nSPS) is 27.7. The van der Waals surface area contributed by atoms with Crippen LogP contribution in [0.4, 0.5) is 5.82 Å². The molecule has 24 heavy (non-hydrogen) atoms. The Balaban J connectivity index is 1.31. The predicted molar refractivity (Wildman–Crippen MR) is 99.9 cm³/mol. The van der Waals surface area contributed by atoms with Crippen molar-refractivity contribution in [3.8, 4) is 0 Å². The Morgan fingerprint density at radius 1 is 1.00 bits per heavy atom. The minimum atomic E-state index is 0.582. The molecule has 2 aliphatic carbocycles. The highest BCUT2D eigenvalue weighted by Gasteiger charge is 2.28. The highest BCUT2D eigenvalue weighted by Crippen LogP contribution is 2.39. The van der Waals surface area contributed by atoms with Gasteiger partial charge >= 0.3 is 0 Å². The maximum atomic E-state index is 4.62. The molecule has 2 fully saturated rings. The molecule has 0 amide bonds. The molecule has 0 radical (unpaired) electrons. The molecule has 1 N–H and O–H groups in total. The van der Waals surface area contributed by atoms with Gasteiger partial charge in [-0.1, -0.05) is 0 Å². The standard InChI is InChI=1S/C19H26N4S/c1-2-11-23(10-1)14-8-6-13(7-9-14)22-18-17-15-4-3-5-16(15)24-19(17)21-12-20-18/h12-14H,1-11H2,(H,20,21,22). The Labute approximate surface area is 147 Å². The van der Waals surface area contributed by atoms with Gasteiger partial charge in [0, 0.05) is 17.0 Å². The number of hydrogen-bond donors (Lipinski definition) is 1. The van der Waals surface area contributed by atoms with Crippen LogP contribution in [0.15, 0.2) is 6.33 Å². The third-order valence-electron chi connectivity index (χ3n) is 6.20. The lowest BCUT2D eigenvalue weighted by atomic mass is 9.90. The number of fused-ring (bicyclic) bond motifs is 3. The number of hydrogen-bond acceptors (Lipinski definition) is 5. The molecule has 1 saturated carbocycles. The van der Waals surface area contributed by atoms with Gasteiger partial charge in [0.2, 0.25) is 0 Å². The number of likely N-dealkylation sites (tertiary alicyclic amines) is 1. The van der Waals surface area contributed by atoms with Crippen LogP contribution in [-0.2, 0) is 12.8 Å². The first-order valence-electron chi connectivity index (χ1n) is 9.64. The molecule has 4 nitrogen and oxygen atoms in total. The first-order chi connectivity index (χ1) is 11.9. The second-order valence-corrected chi connectivity index (χ2v) is 8.74. The van der Waals surface area contributed by atoms with Gasteiger partial charge in [-0.2, -0.15) is 0 Å². The van der Waals surface area contributed by atoms with Crippen molar-refractivity contribution in [3.63, 3.8) is 0 Å². The highest BCUT2D eigenvalue weighted by molar-refractivity contribution is 7.19. The molecule has 5 rings (SSSR count). The van der Waals surface area contributed by atoms with E-state index in [2.05, 4.69) is 20.2 Å². The van der Waals surface area contributed by atoms with Gasteiger partial charge in [0.1, 0.15) is 17.0 Å². The second kappa shape index (κ2) is 6.26. The monoisotopic (exact) mass is 342 g/mol. The van der Waals surface area contributed by atoms with Crippen LogP contribution in [0, 0.1) is 0 Å². The van der Waals surface area contributed by atoms with Crippen LogP contribution >= 0.6 is 11.3 Å². The van der Waals surface area contributed by atoms with E-state index < -0.39 is 0 Å². The number of nitrogens with one attached hydrogen (secondary N) is 1. The topological polar surface area (TPSA) is 41.1 Å². The van der Waals surface area contributed by atoms with E-state index >= 15 is 0 Å². The van der Waals surface area contributed by atoms with Crippen molar-refractivity contribution in [2.75, 3.05) is 18.4 Å². The van der Waals surface area contributed by atoms with Crippen molar-refractivity contribution >= 4 is 27.4 Å². The van der Waals surface area contributed by atoms with Gasteiger partial charge in [-0.25, -0.2) is 9.97 Å². The SMILES string of the molecule is c1nc(NC2CCC(N3CCCC3)CC2)c2c3c(sc2n1)CCC3. The fourth-order valence-electron chi connectivity index (χ4n) is 4.92. The Morgan fingerprint density at radius 3 is 2.67 bits per heavy atom. The van der Waals surface area contributed by atoms with Crippen molar-refractivity contribution in [3.05, 3.63) is 16.8 Å². The summed E-state index contributed by atoms with van der Waals surface area (Å²) in [5, 5.41) is 5.12. The molecular weight excluding hydrogens is 316 g/mol. The smallest absolute Gasteiger partial charge is 0.138 e. The minimum absolute atomic E-state index is 0.582. The molecule has 0 bridgehead atoms. The average Bonchev–Trinajstić information content (AvgIpc) is 3.32. The lowest BCUT2D eigenvalue weighted by Crippen LogP contribution is -2.39. The molecule has 0 aromatic carbocycles. The van der Waals surface area contributed by atoms with Gasteiger partial charge in [-0.05, 0) is 76.4 Å². The van der Waals surface area contributed by atoms with Crippen LogP contribution in [0.5, 0.6) is 0 Å². The number of aromatic nitrogens is 2. The van der Waals surface area contributed by atoms with E-state index in [-0.39, 0.29) is 0 Å². The highest BCUT2D eigenvalue weighted by atomic mass is 32.1. The molecule has 1 saturated heterocycles. The number of rotatable bonds is 3. The summed E-state index contributed by atoms with van der Waals surface area (Å²) in [5.74, 6) is 1.10. The molecule has 1 aliphatic heterocycles. The summed E-state index contributed by atoms with van der Waals surface area (Å²) in [7, 11) is 0. The summed E-state index contributed by atoms with van der Waals surface area (Å²) in [5.41, 5.74) is 1.53. The Hall–Kier alpha value is -1.20. The summed E-state index contributed by atoms with van der Waals surface area (Å²) >= 11 is 1.88. The van der Waals surface area contributed by atoms with Crippen molar-refractivity contribution in [1.82, 2.24) is 14.9 Å². The van der Waals surface area contributed by atoms with Crippen LogP contribution in [0.3, 0.4) is 0 Å². The van der Waals surface area contributed by atoms with E-state index in [9.17, 15) is 0 Å². The predicted octanol–water partition coefficient (Wildman–Crippen LogP) is 4.00. The summed E-state index contributed by atoms with van der Waals surface area (Å²) in [6, 6.07) is 1.42. The number of anilines is 1. The summed E-state index contributed by atoms with van der Waals surface area (Å²) in [6.07, 6.45) is 13.5. The minimum Gasteiger partial charge on any atom is -0.367 e. The molecule has 2 aromatic rings. The fourth-order valence-corrected chi connectivity index (χ4v) is 6.15. The van der Waals surface area contributed by atoms with Crippen LogP contribution in [-0.4, -0.2) is 40.0 Å². The Kier molecular flexibility index (Phi) is 3.94. The Bertz CT molecular complexity index is 726. The van der Waals surface area contributed by atoms with E-state index in [1.807, 2.05) is 11.3 Å². The maximum Gasteiger partial charge on any atom is 0.138 e. The zero-order valence-corrected chi connectivity index (χ0v) is 15.1. The molecule has 3 aliphatic rings. The molecule has 128 valence electrons. The zero-order valence-electron chi connectivity index (χ0n) is 14.3. The number of nitrogens with zero attached hydrogens (tertiary/aromatic N) is 3. The van der Waals surface area contributed by atoms with Crippen molar-refractivity contribution in [1.29, 1.82) is 0 Å². The third kappa shape index (κ3) is 2.62.